The number of rotatable bonds is 5. The van der Waals surface area contributed by atoms with E-state index in [0.717, 1.165) is 11.1 Å². The van der Waals surface area contributed by atoms with Gasteiger partial charge in [-0.25, -0.2) is 4.39 Å². The summed E-state index contributed by atoms with van der Waals surface area (Å²) in [6, 6.07) is 4.71. The van der Waals surface area contributed by atoms with Crippen molar-refractivity contribution in [2.45, 2.75) is 19.9 Å². The number of hydrogen-bond acceptors (Lipinski definition) is 1. The van der Waals surface area contributed by atoms with Crippen molar-refractivity contribution in [1.82, 2.24) is 5.32 Å². The van der Waals surface area contributed by atoms with Gasteiger partial charge in [-0.15, -0.1) is 0 Å². The lowest BCUT2D eigenvalue weighted by Crippen LogP contribution is -2.15. The standard InChI is InChI=1S/C11H15F2N/c1-9-3-4-11(13)7-10(9)8-14-6-2-5-12/h3-4,7,14H,2,5-6,8H2,1H3. The van der Waals surface area contributed by atoms with Crippen LogP contribution in [0.5, 0.6) is 0 Å². The van der Waals surface area contributed by atoms with Crippen molar-refractivity contribution in [2.24, 2.45) is 0 Å². The van der Waals surface area contributed by atoms with Crippen LogP contribution in [0.25, 0.3) is 0 Å². The highest BCUT2D eigenvalue weighted by molar-refractivity contribution is 5.26. The third-order valence-electron chi connectivity index (χ3n) is 2.11. The van der Waals surface area contributed by atoms with Crippen LogP contribution in [0, 0.1) is 12.7 Å². The summed E-state index contributed by atoms with van der Waals surface area (Å²) in [7, 11) is 0. The van der Waals surface area contributed by atoms with Gasteiger partial charge in [0.2, 0.25) is 0 Å². The third-order valence-corrected chi connectivity index (χ3v) is 2.11. The second-order valence-corrected chi connectivity index (χ2v) is 3.29. The average Bonchev–Trinajstić information content (AvgIpc) is 2.18. The second-order valence-electron chi connectivity index (χ2n) is 3.29. The van der Waals surface area contributed by atoms with Crippen LogP contribution in [0.1, 0.15) is 17.5 Å². The molecule has 1 aromatic carbocycles. The highest BCUT2D eigenvalue weighted by atomic mass is 19.1. The van der Waals surface area contributed by atoms with E-state index in [1.807, 2.05) is 6.92 Å². The summed E-state index contributed by atoms with van der Waals surface area (Å²) in [6.07, 6.45) is 0.508. The number of benzene rings is 1. The van der Waals surface area contributed by atoms with Gasteiger partial charge >= 0.3 is 0 Å². The predicted molar refractivity (Wildman–Crippen MR) is 53.4 cm³/mol. The molecule has 1 aromatic rings. The van der Waals surface area contributed by atoms with Gasteiger partial charge < -0.3 is 5.32 Å². The first-order valence-electron chi connectivity index (χ1n) is 4.75. The lowest BCUT2D eigenvalue weighted by molar-refractivity contribution is 0.459. The van der Waals surface area contributed by atoms with Gasteiger partial charge in [0.15, 0.2) is 0 Å². The molecule has 1 rings (SSSR count). The van der Waals surface area contributed by atoms with E-state index in [2.05, 4.69) is 5.32 Å². The Bertz CT molecular complexity index is 287. The highest BCUT2D eigenvalue weighted by Crippen LogP contribution is 2.09. The molecule has 3 heteroatoms. The van der Waals surface area contributed by atoms with Crippen LogP contribution in [-0.2, 0) is 6.54 Å². The zero-order valence-corrected chi connectivity index (χ0v) is 8.32. The molecule has 0 spiro atoms. The molecule has 0 aromatic heterocycles. The first-order valence-corrected chi connectivity index (χ1v) is 4.75. The zero-order chi connectivity index (χ0) is 10.4. The lowest BCUT2D eigenvalue weighted by Gasteiger charge is -2.06. The topological polar surface area (TPSA) is 12.0 Å². The van der Waals surface area contributed by atoms with E-state index in [0.29, 0.717) is 19.5 Å². The fraction of sp³-hybridized carbons (Fsp3) is 0.455. The van der Waals surface area contributed by atoms with Crippen molar-refractivity contribution in [3.05, 3.63) is 35.1 Å². The van der Waals surface area contributed by atoms with Crippen LogP contribution in [0.4, 0.5) is 8.78 Å². The lowest BCUT2D eigenvalue weighted by atomic mass is 10.1. The molecule has 0 saturated carbocycles. The summed E-state index contributed by atoms with van der Waals surface area (Å²) in [4.78, 5) is 0. The quantitative estimate of drug-likeness (QED) is 0.719. The molecule has 0 saturated heterocycles. The fourth-order valence-electron chi connectivity index (χ4n) is 1.25. The molecular formula is C11H15F2N. The van der Waals surface area contributed by atoms with Crippen LogP contribution >= 0.6 is 0 Å². The van der Waals surface area contributed by atoms with E-state index in [9.17, 15) is 8.78 Å². The van der Waals surface area contributed by atoms with E-state index >= 15 is 0 Å². The monoisotopic (exact) mass is 199 g/mol. The van der Waals surface area contributed by atoms with Crippen molar-refractivity contribution >= 4 is 0 Å². The van der Waals surface area contributed by atoms with Gasteiger partial charge in [-0.1, -0.05) is 6.07 Å². The van der Waals surface area contributed by atoms with E-state index in [4.69, 9.17) is 0 Å². The number of hydrogen-bond donors (Lipinski definition) is 1. The van der Waals surface area contributed by atoms with Crippen molar-refractivity contribution in [3.63, 3.8) is 0 Å². The van der Waals surface area contributed by atoms with Crippen LogP contribution in [0.2, 0.25) is 0 Å². The summed E-state index contributed by atoms with van der Waals surface area (Å²) in [5, 5.41) is 3.06. The van der Waals surface area contributed by atoms with Gasteiger partial charge in [0, 0.05) is 6.54 Å². The summed E-state index contributed by atoms with van der Waals surface area (Å²) >= 11 is 0. The largest absolute Gasteiger partial charge is 0.313 e. The van der Waals surface area contributed by atoms with Gasteiger partial charge in [-0.2, -0.15) is 0 Å². The maximum atomic E-state index is 12.8. The molecule has 0 unspecified atom stereocenters. The first kappa shape index (κ1) is 11.1. The SMILES string of the molecule is Cc1ccc(F)cc1CNCCCF. The van der Waals surface area contributed by atoms with E-state index in [-0.39, 0.29) is 12.5 Å². The van der Waals surface area contributed by atoms with Crippen LogP contribution < -0.4 is 5.32 Å². The Labute approximate surface area is 83.1 Å². The molecule has 0 aliphatic carbocycles. The minimum Gasteiger partial charge on any atom is -0.313 e. The number of alkyl halides is 1. The van der Waals surface area contributed by atoms with Crippen LogP contribution in [0.3, 0.4) is 0 Å². The van der Waals surface area contributed by atoms with E-state index < -0.39 is 0 Å². The Kier molecular flexibility index (Phi) is 4.53. The van der Waals surface area contributed by atoms with E-state index in [1.54, 1.807) is 6.07 Å². The first-order chi connectivity index (χ1) is 6.74. The molecule has 78 valence electrons. The predicted octanol–water partition coefficient (Wildman–Crippen LogP) is 2.58. The minimum absolute atomic E-state index is 0.224. The van der Waals surface area contributed by atoms with Gasteiger partial charge in [-0.05, 0) is 43.1 Å². The zero-order valence-electron chi connectivity index (χ0n) is 8.32. The Hall–Kier alpha value is -0.960. The molecule has 14 heavy (non-hydrogen) atoms. The number of nitrogens with one attached hydrogen (secondary N) is 1. The van der Waals surface area contributed by atoms with Crippen molar-refractivity contribution in [1.29, 1.82) is 0 Å². The minimum atomic E-state index is -0.310. The van der Waals surface area contributed by atoms with Crippen molar-refractivity contribution in [2.75, 3.05) is 13.2 Å². The molecule has 0 aliphatic rings. The van der Waals surface area contributed by atoms with Crippen molar-refractivity contribution in [3.8, 4) is 0 Å². The molecule has 1 nitrogen and oxygen atoms in total. The molecule has 0 atom stereocenters. The molecule has 0 bridgehead atoms. The normalized spacial score (nSPS) is 10.5. The molecule has 1 N–H and O–H groups in total. The number of halogens is 2. The molecular weight excluding hydrogens is 184 g/mol. The van der Waals surface area contributed by atoms with Crippen LogP contribution in [0.15, 0.2) is 18.2 Å². The maximum absolute atomic E-state index is 12.8. The Balaban J connectivity index is 2.45. The van der Waals surface area contributed by atoms with Crippen LogP contribution in [-0.4, -0.2) is 13.2 Å². The Morgan fingerprint density at radius 3 is 2.86 bits per heavy atom. The van der Waals surface area contributed by atoms with E-state index in [1.165, 1.54) is 12.1 Å². The molecule has 0 radical (unpaired) electrons. The maximum Gasteiger partial charge on any atom is 0.123 e. The summed E-state index contributed by atoms with van der Waals surface area (Å²) in [6.45, 7) is 2.86. The summed E-state index contributed by atoms with van der Waals surface area (Å²) < 4.78 is 24.6. The molecule has 0 heterocycles. The summed E-state index contributed by atoms with van der Waals surface area (Å²) in [5.41, 5.74) is 1.99. The molecule has 0 amide bonds. The third kappa shape index (κ3) is 3.42. The van der Waals surface area contributed by atoms with Crippen molar-refractivity contribution < 1.29 is 8.78 Å². The molecule has 0 aliphatic heterocycles. The fourth-order valence-corrected chi connectivity index (χ4v) is 1.25. The van der Waals surface area contributed by atoms with Gasteiger partial charge in [0.1, 0.15) is 5.82 Å². The Morgan fingerprint density at radius 1 is 1.36 bits per heavy atom. The number of aryl methyl sites for hydroxylation is 1. The summed E-state index contributed by atoms with van der Waals surface area (Å²) in [5.74, 6) is -0.224. The van der Waals surface area contributed by atoms with Gasteiger partial charge in [0.25, 0.3) is 0 Å². The van der Waals surface area contributed by atoms with Gasteiger partial charge in [-0.3, -0.25) is 4.39 Å². The van der Waals surface area contributed by atoms with Gasteiger partial charge in [0.05, 0.1) is 6.67 Å². The molecule has 0 fully saturated rings. The smallest absolute Gasteiger partial charge is 0.123 e. The highest BCUT2D eigenvalue weighted by Gasteiger charge is 1.99. The second kappa shape index (κ2) is 5.70. The Morgan fingerprint density at radius 2 is 2.14 bits per heavy atom. The average molecular weight is 199 g/mol.